The molecule has 0 radical (unpaired) electrons. The largest absolute Gasteiger partial charge is 0.298 e. The summed E-state index contributed by atoms with van der Waals surface area (Å²) in [6.07, 6.45) is 2.49. The Morgan fingerprint density at radius 3 is 3.27 bits per heavy atom. The maximum absolute atomic E-state index is 10.4. The zero-order chi connectivity index (χ0) is 7.68. The van der Waals surface area contributed by atoms with Gasteiger partial charge in [0.25, 0.3) is 0 Å². The summed E-state index contributed by atoms with van der Waals surface area (Å²) in [5.41, 5.74) is 0.681. The van der Waals surface area contributed by atoms with Gasteiger partial charge in [0.05, 0.1) is 17.3 Å². The molecular weight excluding hydrogens is 140 g/mol. The molecule has 0 saturated heterocycles. The second kappa shape index (κ2) is 2.27. The molecule has 1 aromatic rings. The van der Waals surface area contributed by atoms with Crippen molar-refractivity contribution >= 4 is 11.9 Å². The van der Waals surface area contributed by atoms with Gasteiger partial charge in [-0.05, 0) is 12.1 Å². The summed E-state index contributed by atoms with van der Waals surface area (Å²) < 4.78 is 0. The lowest BCUT2D eigenvalue weighted by Gasteiger charge is -1.82. The molecule has 1 aromatic heterocycles. The van der Waals surface area contributed by atoms with E-state index in [-0.39, 0.29) is 0 Å². The fourth-order valence-corrected chi connectivity index (χ4v) is 1.11. The van der Waals surface area contributed by atoms with Crippen LogP contribution in [0.4, 0.5) is 0 Å². The number of hydrogen-bond acceptors (Lipinski definition) is 3. The van der Waals surface area contributed by atoms with E-state index in [9.17, 15) is 4.79 Å². The molecule has 1 aliphatic rings. The third-order valence-corrected chi connectivity index (χ3v) is 1.65. The fraction of sp³-hybridized carbons (Fsp3) is 0.125. The highest BCUT2D eigenvalue weighted by atomic mass is 16.1. The van der Waals surface area contributed by atoms with Gasteiger partial charge in [0.1, 0.15) is 6.29 Å². The average Bonchev–Trinajstić information content (AvgIpc) is 2.47. The minimum Gasteiger partial charge on any atom is -0.298 e. The number of pyridine rings is 1. The summed E-state index contributed by atoms with van der Waals surface area (Å²) in [6.45, 7) is 0.482. The van der Waals surface area contributed by atoms with Crippen LogP contribution < -0.4 is 10.7 Å². The van der Waals surface area contributed by atoms with Crippen molar-refractivity contribution in [3.8, 4) is 0 Å². The first-order valence-electron chi connectivity index (χ1n) is 3.35. The maximum Gasteiger partial charge on any atom is 0.150 e. The zero-order valence-corrected chi connectivity index (χ0v) is 5.82. The van der Waals surface area contributed by atoms with E-state index in [2.05, 4.69) is 9.98 Å². The van der Waals surface area contributed by atoms with Crippen LogP contribution in [0.2, 0.25) is 0 Å². The molecule has 54 valence electrons. The SMILES string of the molecule is O=CC1=c2ncccc2=NC1. The van der Waals surface area contributed by atoms with Crippen molar-refractivity contribution in [2.75, 3.05) is 6.54 Å². The van der Waals surface area contributed by atoms with Gasteiger partial charge in [-0.1, -0.05) is 0 Å². The molecule has 3 nitrogen and oxygen atoms in total. The summed E-state index contributed by atoms with van der Waals surface area (Å²) in [6, 6.07) is 3.68. The van der Waals surface area contributed by atoms with Crippen molar-refractivity contribution in [2.45, 2.75) is 0 Å². The van der Waals surface area contributed by atoms with Gasteiger partial charge in [-0.3, -0.25) is 14.8 Å². The van der Waals surface area contributed by atoms with Gasteiger partial charge in [0.2, 0.25) is 0 Å². The van der Waals surface area contributed by atoms with Gasteiger partial charge < -0.3 is 0 Å². The third kappa shape index (κ3) is 0.852. The fourth-order valence-electron chi connectivity index (χ4n) is 1.11. The Hall–Kier alpha value is -1.51. The Morgan fingerprint density at radius 1 is 1.55 bits per heavy atom. The molecule has 11 heavy (non-hydrogen) atoms. The lowest BCUT2D eigenvalue weighted by Crippen LogP contribution is -2.26. The molecular formula is C8H6N2O. The van der Waals surface area contributed by atoms with E-state index >= 15 is 0 Å². The number of fused-ring (bicyclic) bond motifs is 1. The number of nitrogens with zero attached hydrogens (tertiary/aromatic N) is 2. The molecule has 1 aliphatic heterocycles. The molecule has 0 amide bonds. The first-order valence-corrected chi connectivity index (χ1v) is 3.35. The highest BCUT2D eigenvalue weighted by Crippen LogP contribution is 1.89. The predicted octanol–water partition coefficient (Wildman–Crippen LogP) is -0.936. The first kappa shape index (κ1) is 6.22. The van der Waals surface area contributed by atoms with Crippen LogP contribution in [-0.4, -0.2) is 17.8 Å². The number of aldehydes is 1. The minimum absolute atomic E-state index is 0.482. The number of carbonyl (C=O) groups is 1. The predicted molar refractivity (Wildman–Crippen MR) is 39.4 cm³/mol. The van der Waals surface area contributed by atoms with Crippen LogP contribution >= 0.6 is 0 Å². The van der Waals surface area contributed by atoms with Gasteiger partial charge >= 0.3 is 0 Å². The molecule has 3 heteroatoms. The summed E-state index contributed by atoms with van der Waals surface area (Å²) in [7, 11) is 0. The standard InChI is InChI=1S/C8H6N2O/c11-5-6-4-10-7-2-1-3-9-8(6)7/h1-3,5H,4H2. The third-order valence-electron chi connectivity index (χ3n) is 1.65. The molecule has 0 spiro atoms. The van der Waals surface area contributed by atoms with Gasteiger partial charge in [0.15, 0.2) is 0 Å². The van der Waals surface area contributed by atoms with Gasteiger partial charge in [-0.2, -0.15) is 0 Å². The van der Waals surface area contributed by atoms with E-state index in [4.69, 9.17) is 0 Å². The Kier molecular flexibility index (Phi) is 1.28. The molecule has 0 aromatic carbocycles. The van der Waals surface area contributed by atoms with Crippen LogP contribution in [0.1, 0.15) is 0 Å². The van der Waals surface area contributed by atoms with Gasteiger partial charge in [-0.15, -0.1) is 0 Å². The average molecular weight is 146 g/mol. The Morgan fingerprint density at radius 2 is 2.45 bits per heavy atom. The molecule has 2 rings (SSSR count). The molecule has 0 bridgehead atoms. The minimum atomic E-state index is 0.482. The van der Waals surface area contributed by atoms with E-state index in [1.165, 1.54) is 0 Å². The van der Waals surface area contributed by atoms with E-state index in [1.807, 2.05) is 12.1 Å². The van der Waals surface area contributed by atoms with Crippen molar-refractivity contribution in [1.29, 1.82) is 0 Å². The second-order valence-corrected chi connectivity index (χ2v) is 2.33. The van der Waals surface area contributed by atoms with Gasteiger partial charge in [0, 0.05) is 11.8 Å². The van der Waals surface area contributed by atoms with E-state index < -0.39 is 0 Å². The van der Waals surface area contributed by atoms with Crippen LogP contribution in [0.15, 0.2) is 23.3 Å². The maximum atomic E-state index is 10.4. The van der Waals surface area contributed by atoms with Gasteiger partial charge in [-0.25, -0.2) is 0 Å². The molecule has 2 heterocycles. The van der Waals surface area contributed by atoms with Crippen molar-refractivity contribution in [3.63, 3.8) is 0 Å². The van der Waals surface area contributed by atoms with Crippen LogP contribution in [-0.2, 0) is 4.79 Å². The first-order chi connectivity index (χ1) is 5.42. The highest BCUT2D eigenvalue weighted by Gasteiger charge is 2.04. The Labute approximate surface area is 63.1 Å². The molecule has 0 aliphatic carbocycles. The summed E-state index contributed by atoms with van der Waals surface area (Å²) in [5, 5.41) is 1.57. The van der Waals surface area contributed by atoms with Crippen molar-refractivity contribution in [1.82, 2.24) is 4.98 Å². The zero-order valence-electron chi connectivity index (χ0n) is 5.82. The number of carbonyl (C=O) groups excluding carboxylic acids is 1. The Balaban J connectivity index is 2.89. The molecule has 0 saturated carbocycles. The second-order valence-electron chi connectivity index (χ2n) is 2.33. The number of aromatic nitrogens is 1. The molecule has 0 unspecified atom stereocenters. The highest BCUT2D eigenvalue weighted by molar-refractivity contribution is 5.99. The van der Waals surface area contributed by atoms with Crippen molar-refractivity contribution in [2.24, 2.45) is 4.99 Å². The molecule has 0 N–H and O–H groups in total. The van der Waals surface area contributed by atoms with E-state index in [0.717, 1.165) is 17.0 Å². The Bertz CT molecular complexity index is 408. The summed E-state index contributed by atoms with van der Waals surface area (Å²) in [5.74, 6) is 0. The smallest absolute Gasteiger partial charge is 0.150 e. The van der Waals surface area contributed by atoms with E-state index in [0.29, 0.717) is 12.1 Å². The lowest BCUT2D eigenvalue weighted by molar-refractivity contribution is -0.103. The number of rotatable bonds is 1. The quantitative estimate of drug-likeness (QED) is 0.480. The molecule has 0 atom stereocenters. The van der Waals surface area contributed by atoms with Crippen LogP contribution in [0.5, 0.6) is 0 Å². The van der Waals surface area contributed by atoms with E-state index in [1.54, 1.807) is 6.20 Å². The molecule has 0 fully saturated rings. The topological polar surface area (TPSA) is 42.3 Å². The van der Waals surface area contributed by atoms with Crippen molar-refractivity contribution < 1.29 is 4.79 Å². The lowest BCUT2D eigenvalue weighted by atomic mass is 10.3. The summed E-state index contributed by atoms with van der Waals surface area (Å²) >= 11 is 0. The van der Waals surface area contributed by atoms with Crippen LogP contribution in [0.25, 0.3) is 5.57 Å². The van der Waals surface area contributed by atoms with Crippen molar-refractivity contribution in [3.05, 3.63) is 29.0 Å². The van der Waals surface area contributed by atoms with Crippen LogP contribution in [0.3, 0.4) is 0 Å². The van der Waals surface area contributed by atoms with Crippen LogP contribution in [0, 0.1) is 0 Å². The normalized spacial score (nSPS) is 14.0. The summed E-state index contributed by atoms with van der Waals surface area (Å²) in [4.78, 5) is 18.6. The monoisotopic (exact) mass is 146 g/mol. The number of hydrogen-bond donors (Lipinski definition) is 0.